The highest BCUT2D eigenvalue weighted by molar-refractivity contribution is 7.45. The van der Waals surface area contributed by atoms with Gasteiger partial charge in [-0.05, 0) is 12.1 Å². The largest absolute Gasteiger partial charge is 0.251 e. The van der Waals surface area contributed by atoms with Crippen LogP contribution < -0.4 is 0 Å². The molecule has 0 amide bonds. The van der Waals surface area contributed by atoms with E-state index in [9.17, 15) is 0 Å². The second-order valence-electron chi connectivity index (χ2n) is 11.5. The summed E-state index contributed by atoms with van der Waals surface area (Å²) in [5.41, 5.74) is 0. The molecule has 0 heterocycles. The molecule has 3 heteroatoms. The molecule has 212 valence electrons. The van der Waals surface area contributed by atoms with Crippen molar-refractivity contribution >= 4 is 28.9 Å². The van der Waals surface area contributed by atoms with E-state index in [0.717, 1.165) is 12.1 Å². The standard InChI is InChI=1S/C32H66Cl2Si/c1-3-5-7-9-11-13-15-17-19-21-23-25-27-29-31-35(33,34)32-30-28-26-24-22-20-18-16-14-12-10-8-6-4-2/h3-32H2,1-2H3. The van der Waals surface area contributed by atoms with Crippen LogP contribution in [0.15, 0.2) is 0 Å². The molecule has 0 saturated heterocycles. The smallest absolute Gasteiger partial charge is 0.146 e. The van der Waals surface area contributed by atoms with Gasteiger partial charge in [0.2, 0.25) is 0 Å². The minimum absolute atomic E-state index is 1.12. The van der Waals surface area contributed by atoms with Crippen LogP contribution in [-0.4, -0.2) is 6.69 Å². The summed E-state index contributed by atoms with van der Waals surface area (Å²) in [7, 11) is 0. The maximum absolute atomic E-state index is 6.74. The predicted molar refractivity (Wildman–Crippen MR) is 168 cm³/mol. The summed E-state index contributed by atoms with van der Waals surface area (Å²) in [6.45, 7) is 2.63. The summed E-state index contributed by atoms with van der Waals surface area (Å²) in [5.74, 6) is 0. The van der Waals surface area contributed by atoms with E-state index in [1.165, 1.54) is 180 Å². The molecule has 35 heavy (non-hydrogen) atoms. The molecule has 0 saturated carbocycles. The molecular formula is C32H66Cl2Si. The van der Waals surface area contributed by atoms with E-state index >= 15 is 0 Å². The zero-order chi connectivity index (χ0) is 25.7. The van der Waals surface area contributed by atoms with Crippen molar-refractivity contribution in [2.75, 3.05) is 0 Å². The Morgan fingerprint density at radius 2 is 0.457 bits per heavy atom. The maximum Gasteiger partial charge on any atom is 0.251 e. The number of rotatable bonds is 30. The van der Waals surface area contributed by atoms with Crippen molar-refractivity contribution in [1.29, 1.82) is 0 Å². The Hall–Kier alpha value is 0.797. The molecular weight excluding hydrogens is 483 g/mol. The SMILES string of the molecule is CCCCCCCCCCCCCCCC[Si](Cl)(Cl)CCCCCCCCCCCCCCCC. The van der Waals surface area contributed by atoms with Crippen LogP contribution in [0.3, 0.4) is 0 Å². The van der Waals surface area contributed by atoms with Gasteiger partial charge in [0.15, 0.2) is 0 Å². The van der Waals surface area contributed by atoms with E-state index in [4.69, 9.17) is 22.2 Å². The molecule has 0 unspecified atom stereocenters. The van der Waals surface area contributed by atoms with Gasteiger partial charge < -0.3 is 0 Å². The third kappa shape index (κ3) is 30.9. The summed E-state index contributed by atoms with van der Waals surface area (Å²) in [6, 6.07) is 2.24. The molecule has 0 N–H and O–H groups in total. The van der Waals surface area contributed by atoms with E-state index in [1.807, 2.05) is 0 Å². The van der Waals surface area contributed by atoms with Gasteiger partial charge >= 0.3 is 0 Å². The summed E-state index contributed by atoms with van der Waals surface area (Å²) >= 11 is 13.5. The number of hydrogen-bond acceptors (Lipinski definition) is 0. The summed E-state index contributed by atoms with van der Waals surface area (Å²) in [4.78, 5) is 0. The van der Waals surface area contributed by atoms with Crippen LogP contribution in [0.1, 0.15) is 194 Å². The van der Waals surface area contributed by atoms with Gasteiger partial charge in [-0.25, -0.2) is 0 Å². The van der Waals surface area contributed by atoms with Crippen molar-refractivity contribution in [2.45, 2.75) is 206 Å². The van der Waals surface area contributed by atoms with E-state index in [1.54, 1.807) is 0 Å². The zero-order valence-corrected chi connectivity index (χ0v) is 27.0. The molecule has 0 fully saturated rings. The van der Waals surface area contributed by atoms with Crippen molar-refractivity contribution in [2.24, 2.45) is 0 Å². The van der Waals surface area contributed by atoms with Crippen LogP contribution >= 0.6 is 22.2 Å². The minimum atomic E-state index is -1.96. The molecule has 0 aromatic rings. The van der Waals surface area contributed by atoms with Crippen molar-refractivity contribution in [3.8, 4) is 0 Å². The van der Waals surface area contributed by atoms with Gasteiger partial charge in [-0.3, -0.25) is 0 Å². The van der Waals surface area contributed by atoms with Crippen molar-refractivity contribution < 1.29 is 0 Å². The normalized spacial score (nSPS) is 12.0. The second kappa shape index (κ2) is 29.4. The molecule has 0 aliphatic carbocycles. The van der Waals surface area contributed by atoms with Crippen LogP contribution in [0.4, 0.5) is 0 Å². The van der Waals surface area contributed by atoms with Crippen molar-refractivity contribution in [1.82, 2.24) is 0 Å². The minimum Gasteiger partial charge on any atom is -0.146 e. The Bertz CT molecular complexity index is 352. The third-order valence-corrected chi connectivity index (χ3v) is 12.2. The topological polar surface area (TPSA) is 0 Å². The van der Waals surface area contributed by atoms with E-state index in [0.29, 0.717) is 0 Å². The molecule has 0 rings (SSSR count). The molecule has 0 aromatic carbocycles. The van der Waals surface area contributed by atoms with Gasteiger partial charge in [0, 0.05) is 0 Å². The lowest BCUT2D eigenvalue weighted by Crippen LogP contribution is -2.18. The molecule has 0 spiro atoms. The van der Waals surface area contributed by atoms with Crippen LogP contribution in [-0.2, 0) is 0 Å². The molecule has 0 aliphatic heterocycles. The third-order valence-electron chi connectivity index (χ3n) is 7.79. The maximum atomic E-state index is 6.74. The Morgan fingerprint density at radius 3 is 0.657 bits per heavy atom. The van der Waals surface area contributed by atoms with Crippen molar-refractivity contribution in [3.63, 3.8) is 0 Å². The fourth-order valence-corrected chi connectivity index (χ4v) is 8.67. The first-order chi connectivity index (χ1) is 17.1. The summed E-state index contributed by atoms with van der Waals surface area (Å²) in [5, 5.41) is 0. The lowest BCUT2D eigenvalue weighted by atomic mass is 10.0. The van der Waals surface area contributed by atoms with Gasteiger partial charge in [0.05, 0.1) is 0 Å². The lowest BCUT2D eigenvalue weighted by molar-refractivity contribution is 0.537. The predicted octanol–water partition coefficient (Wildman–Crippen LogP) is 13.9. The summed E-state index contributed by atoms with van der Waals surface area (Å²) < 4.78 is 0. The van der Waals surface area contributed by atoms with E-state index in [-0.39, 0.29) is 0 Å². The first-order valence-electron chi connectivity index (χ1n) is 16.5. The van der Waals surface area contributed by atoms with Gasteiger partial charge in [-0.2, -0.15) is 0 Å². The van der Waals surface area contributed by atoms with Crippen LogP contribution in [0.5, 0.6) is 0 Å². The fraction of sp³-hybridized carbons (Fsp3) is 1.00. The van der Waals surface area contributed by atoms with Crippen molar-refractivity contribution in [3.05, 3.63) is 0 Å². The Morgan fingerprint density at radius 1 is 0.286 bits per heavy atom. The lowest BCUT2D eigenvalue weighted by Gasteiger charge is -2.16. The van der Waals surface area contributed by atoms with Crippen LogP contribution in [0.2, 0.25) is 12.1 Å². The zero-order valence-electron chi connectivity index (χ0n) is 24.5. The number of unbranched alkanes of at least 4 members (excludes halogenated alkanes) is 26. The van der Waals surface area contributed by atoms with Crippen LogP contribution in [0, 0.1) is 0 Å². The highest BCUT2D eigenvalue weighted by atomic mass is 35.7. The first kappa shape index (κ1) is 35.8. The van der Waals surface area contributed by atoms with Gasteiger partial charge in [0.25, 0.3) is 6.69 Å². The Labute approximate surface area is 233 Å². The Balaban J connectivity index is 3.28. The highest BCUT2D eigenvalue weighted by Crippen LogP contribution is 2.30. The molecule has 0 radical (unpaired) electrons. The second-order valence-corrected chi connectivity index (χ2v) is 19.2. The molecule has 0 atom stereocenters. The number of hydrogen-bond donors (Lipinski definition) is 0. The quantitative estimate of drug-likeness (QED) is 0.0475. The van der Waals surface area contributed by atoms with Gasteiger partial charge in [-0.15, -0.1) is 22.2 Å². The average Bonchev–Trinajstić information content (AvgIpc) is 2.84. The average molecular weight is 550 g/mol. The first-order valence-corrected chi connectivity index (χ1v) is 20.9. The number of halogens is 2. The molecule has 0 bridgehead atoms. The summed E-state index contributed by atoms with van der Waals surface area (Å²) in [6.07, 6.45) is 39.6. The monoisotopic (exact) mass is 548 g/mol. The highest BCUT2D eigenvalue weighted by Gasteiger charge is 2.26. The van der Waals surface area contributed by atoms with Gasteiger partial charge in [-0.1, -0.05) is 194 Å². The van der Waals surface area contributed by atoms with Crippen LogP contribution in [0.25, 0.3) is 0 Å². The molecule has 0 aliphatic rings. The van der Waals surface area contributed by atoms with E-state index < -0.39 is 6.69 Å². The van der Waals surface area contributed by atoms with Gasteiger partial charge in [0.1, 0.15) is 0 Å². The molecule has 0 aromatic heterocycles. The van der Waals surface area contributed by atoms with E-state index in [2.05, 4.69) is 13.8 Å². The fourth-order valence-electron chi connectivity index (χ4n) is 5.28. The Kier molecular flexibility index (Phi) is 30.0. The molecule has 0 nitrogen and oxygen atoms in total.